The number of imidazole rings is 1. The number of halogens is 1. The van der Waals surface area contributed by atoms with E-state index >= 15 is 0 Å². The predicted octanol–water partition coefficient (Wildman–Crippen LogP) is 4.31. The number of hydrogen-bond acceptors (Lipinski definition) is 6. The molecule has 4 aromatic rings. The maximum atomic E-state index is 13.9. The van der Waals surface area contributed by atoms with E-state index in [-0.39, 0.29) is 35.8 Å². The Kier molecular flexibility index (Phi) is 6.85. The summed E-state index contributed by atoms with van der Waals surface area (Å²) < 4.78 is 21.3. The normalized spacial score (nSPS) is 22.7. The second-order valence-corrected chi connectivity index (χ2v) is 11.8. The number of benzene rings is 1. The Morgan fingerprint density at radius 2 is 1.78 bits per heavy atom. The fraction of sp³-hybridized carbons (Fsp3) is 0.433. The highest BCUT2D eigenvalue weighted by atomic mass is 19.1. The second kappa shape index (κ2) is 10.4. The number of rotatable bonds is 4. The van der Waals surface area contributed by atoms with Crippen molar-refractivity contribution >= 4 is 17.5 Å². The van der Waals surface area contributed by atoms with Crippen LogP contribution < -0.4 is 0 Å². The molecule has 2 fully saturated rings. The third-order valence-corrected chi connectivity index (χ3v) is 8.12. The Labute approximate surface area is 237 Å². The minimum Gasteiger partial charge on any atom is -0.376 e. The number of piperazine rings is 1. The summed E-state index contributed by atoms with van der Waals surface area (Å²) in [4.78, 5) is 35.2. The Hall–Kier alpha value is -4.12. The van der Waals surface area contributed by atoms with Crippen LogP contribution in [0.25, 0.3) is 16.9 Å². The van der Waals surface area contributed by atoms with E-state index in [4.69, 9.17) is 14.8 Å². The summed E-state index contributed by atoms with van der Waals surface area (Å²) in [5, 5.41) is 11.4. The van der Waals surface area contributed by atoms with Gasteiger partial charge in [-0.1, -0.05) is 0 Å². The molecule has 2 aliphatic heterocycles. The van der Waals surface area contributed by atoms with E-state index in [1.54, 1.807) is 44.9 Å². The molecule has 1 aromatic carbocycles. The number of carbonyl (C=O) groups excluding carboxylic acids is 2. The zero-order chi connectivity index (χ0) is 28.9. The smallest absolute Gasteiger partial charge is 0.274 e. The van der Waals surface area contributed by atoms with Crippen LogP contribution >= 0.6 is 0 Å². The van der Waals surface area contributed by atoms with Crippen LogP contribution in [0, 0.1) is 5.82 Å². The number of aromatic nitrogens is 5. The standard InChI is InChI=1S/C30H34FN7O3/c1-18-13-21(14-19(2)41-18)23-15-25(20-5-7-22(31)8-6-20)35-38-16-26(33-27(23)38)29(40)37-12-11-36(17-30(37,3)4)28(39)24-9-10-32-34-24/h5-10,15-16,18-19,21H,11-14,17H2,1-4H3,(H,32,34)/t18-,19+,21?. The van der Waals surface area contributed by atoms with Crippen LogP contribution in [-0.2, 0) is 4.74 Å². The molecule has 2 amide bonds. The lowest BCUT2D eigenvalue weighted by atomic mass is 9.86. The SMILES string of the molecule is C[C@@H]1CC(c2cc(-c3ccc(F)cc3)nn3cc(C(=O)N4CCN(C(=O)c5ccn[nH]5)CC4(C)C)nc23)C[C@H](C)O1. The van der Waals surface area contributed by atoms with Gasteiger partial charge in [-0.2, -0.15) is 10.2 Å². The molecule has 1 N–H and O–H groups in total. The van der Waals surface area contributed by atoms with Crippen molar-refractivity contribution < 1.29 is 18.7 Å². The number of ether oxygens (including phenoxy) is 1. The van der Waals surface area contributed by atoms with E-state index in [9.17, 15) is 14.0 Å². The van der Waals surface area contributed by atoms with E-state index < -0.39 is 5.54 Å². The maximum absolute atomic E-state index is 13.9. The molecule has 2 aliphatic rings. The molecule has 6 rings (SSSR count). The lowest BCUT2D eigenvalue weighted by Crippen LogP contribution is -2.62. The van der Waals surface area contributed by atoms with Gasteiger partial charge in [0, 0.05) is 37.0 Å². The molecule has 0 radical (unpaired) electrons. The zero-order valence-electron chi connectivity index (χ0n) is 23.7. The first-order valence-electron chi connectivity index (χ1n) is 14.0. The van der Waals surface area contributed by atoms with Crippen molar-refractivity contribution in [3.05, 3.63) is 71.6 Å². The van der Waals surface area contributed by atoms with Gasteiger partial charge in [0.1, 0.15) is 17.2 Å². The summed E-state index contributed by atoms with van der Waals surface area (Å²) in [7, 11) is 0. The first-order valence-corrected chi connectivity index (χ1v) is 14.0. The van der Waals surface area contributed by atoms with Gasteiger partial charge in [-0.15, -0.1) is 0 Å². The number of hydrogen-bond donors (Lipinski definition) is 1. The largest absolute Gasteiger partial charge is 0.376 e. The van der Waals surface area contributed by atoms with E-state index in [0.29, 0.717) is 42.4 Å². The number of H-pyrrole nitrogens is 1. The van der Waals surface area contributed by atoms with E-state index in [1.165, 1.54) is 12.1 Å². The molecular formula is C30H34FN7O3. The third kappa shape index (κ3) is 5.21. The average molecular weight is 560 g/mol. The van der Waals surface area contributed by atoms with Crippen LogP contribution in [0.15, 0.2) is 48.8 Å². The van der Waals surface area contributed by atoms with Crippen molar-refractivity contribution in [2.45, 2.75) is 64.2 Å². The number of aromatic amines is 1. The molecular weight excluding hydrogens is 525 g/mol. The average Bonchev–Trinajstić information content (AvgIpc) is 3.62. The molecule has 41 heavy (non-hydrogen) atoms. The van der Waals surface area contributed by atoms with E-state index in [0.717, 1.165) is 24.0 Å². The van der Waals surface area contributed by atoms with Gasteiger partial charge >= 0.3 is 0 Å². The Bertz CT molecular complexity index is 1570. The van der Waals surface area contributed by atoms with Gasteiger partial charge in [-0.25, -0.2) is 13.9 Å². The molecule has 3 atom stereocenters. The van der Waals surface area contributed by atoms with Crippen molar-refractivity contribution in [3.8, 4) is 11.3 Å². The Morgan fingerprint density at radius 1 is 1.05 bits per heavy atom. The van der Waals surface area contributed by atoms with Crippen LogP contribution in [0.5, 0.6) is 0 Å². The molecule has 5 heterocycles. The van der Waals surface area contributed by atoms with Gasteiger partial charge in [0.2, 0.25) is 0 Å². The monoisotopic (exact) mass is 559 g/mol. The number of nitrogens with zero attached hydrogens (tertiary/aromatic N) is 6. The summed E-state index contributed by atoms with van der Waals surface area (Å²) in [6.45, 7) is 9.19. The summed E-state index contributed by atoms with van der Waals surface area (Å²) in [6, 6.07) is 9.91. The lowest BCUT2D eigenvalue weighted by molar-refractivity contribution is -0.0378. The number of nitrogens with one attached hydrogen (secondary N) is 1. The fourth-order valence-electron chi connectivity index (χ4n) is 6.21. The van der Waals surface area contributed by atoms with E-state index in [2.05, 4.69) is 24.0 Å². The summed E-state index contributed by atoms with van der Waals surface area (Å²) >= 11 is 0. The first kappa shape index (κ1) is 27.1. The molecule has 0 bridgehead atoms. The Balaban J connectivity index is 1.34. The van der Waals surface area contributed by atoms with Crippen LogP contribution in [0.4, 0.5) is 4.39 Å². The van der Waals surface area contributed by atoms with Gasteiger partial charge in [0.05, 0.1) is 29.6 Å². The minimum absolute atomic E-state index is 0.0869. The van der Waals surface area contributed by atoms with Crippen molar-refractivity contribution in [1.82, 2.24) is 34.6 Å². The number of carbonyl (C=O) groups is 2. The van der Waals surface area contributed by atoms with Crippen molar-refractivity contribution in [1.29, 1.82) is 0 Å². The van der Waals surface area contributed by atoms with Gasteiger partial charge in [-0.3, -0.25) is 14.7 Å². The molecule has 3 aromatic heterocycles. The van der Waals surface area contributed by atoms with Crippen molar-refractivity contribution in [3.63, 3.8) is 0 Å². The third-order valence-electron chi connectivity index (χ3n) is 8.12. The van der Waals surface area contributed by atoms with Crippen LogP contribution in [0.2, 0.25) is 0 Å². The fourth-order valence-corrected chi connectivity index (χ4v) is 6.21. The molecule has 11 heteroatoms. The van der Waals surface area contributed by atoms with E-state index in [1.807, 2.05) is 19.9 Å². The minimum atomic E-state index is -0.623. The molecule has 214 valence electrons. The van der Waals surface area contributed by atoms with Gasteiger partial charge in [-0.05, 0) is 82.9 Å². The predicted molar refractivity (Wildman–Crippen MR) is 150 cm³/mol. The topological polar surface area (TPSA) is 109 Å². The molecule has 0 saturated carbocycles. The molecule has 10 nitrogen and oxygen atoms in total. The molecule has 1 unspecified atom stereocenters. The van der Waals surface area contributed by atoms with Crippen molar-refractivity contribution in [2.24, 2.45) is 0 Å². The zero-order valence-corrected chi connectivity index (χ0v) is 23.7. The van der Waals surface area contributed by atoms with Gasteiger partial charge < -0.3 is 14.5 Å². The van der Waals surface area contributed by atoms with Crippen LogP contribution in [0.1, 0.15) is 73.0 Å². The summed E-state index contributed by atoms with van der Waals surface area (Å²) in [6.07, 6.45) is 5.05. The second-order valence-electron chi connectivity index (χ2n) is 11.8. The molecule has 2 saturated heterocycles. The highest BCUT2D eigenvalue weighted by Gasteiger charge is 2.40. The van der Waals surface area contributed by atoms with Crippen LogP contribution in [0.3, 0.4) is 0 Å². The maximum Gasteiger partial charge on any atom is 0.274 e. The lowest BCUT2D eigenvalue weighted by Gasteiger charge is -2.46. The highest BCUT2D eigenvalue weighted by molar-refractivity contribution is 5.95. The highest BCUT2D eigenvalue weighted by Crippen LogP contribution is 2.37. The van der Waals surface area contributed by atoms with Gasteiger partial charge in [0.25, 0.3) is 11.8 Å². The Morgan fingerprint density at radius 3 is 2.44 bits per heavy atom. The number of fused-ring (bicyclic) bond motifs is 1. The first-order chi connectivity index (χ1) is 19.6. The van der Waals surface area contributed by atoms with Gasteiger partial charge in [0.15, 0.2) is 5.65 Å². The number of amides is 2. The molecule has 0 spiro atoms. The quantitative estimate of drug-likeness (QED) is 0.399. The van der Waals surface area contributed by atoms with Crippen molar-refractivity contribution in [2.75, 3.05) is 19.6 Å². The summed E-state index contributed by atoms with van der Waals surface area (Å²) in [5.74, 6) is -0.501. The summed E-state index contributed by atoms with van der Waals surface area (Å²) in [5.41, 5.74) is 3.19. The molecule has 0 aliphatic carbocycles. The van der Waals surface area contributed by atoms with Crippen LogP contribution in [-0.4, -0.2) is 83.8 Å².